The second kappa shape index (κ2) is 9.71. The largest absolute Gasteiger partial charge is 0.497 e. The summed E-state index contributed by atoms with van der Waals surface area (Å²) >= 11 is 0. The molecule has 0 radical (unpaired) electrons. The quantitative estimate of drug-likeness (QED) is 0.550. The van der Waals surface area contributed by atoms with Crippen molar-refractivity contribution in [2.75, 3.05) is 33.4 Å². The summed E-state index contributed by atoms with van der Waals surface area (Å²) < 4.78 is 18.2. The fourth-order valence-corrected chi connectivity index (χ4v) is 5.75. The third kappa shape index (κ3) is 4.65. The molecule has 3 aromatic carbocycles. The van der Waals surface area contributed by atoms with Crippen molar-refractivity contribution >= 4 is 0 Å². The molecule has 3 aromatic rings. The Balaban J connectivity index is 1.46. The number of hydrogen-bond donors (Lipinski definition) is 1. The summed E-state index contributed by atoms with van der Waals surface area (Å²) in [6, 6.07) is 25.7. The summed E-state index contributed by atoms with van der Waals surface area (Å²) in [4.78, 5) is 1.67. The topological polar surface area (TPSA) is 32.1 Å². The molecule has 0 saturated carbocycles. The first-order chi connectivity index (χ1) is 16.5. The van der Waals surface area contributed by atoms with Gasteiger partial charge in [-0.05, 0) is 43.2 Å². The number of ether oxygens (including phenoxy) is 3. The molecule has 0 bridgehead atoms. The molecule has 178 valence electrons. The smallest absolute Gasteiger partial charge is 0.137 e. The minimum atomic E-state index is -0.390. The Morgan fingerprint density at radius 2 is 1.59 bits per heavy atom. The van der Waals surface area contributed by atoms with Crippen LogP contribution < -0.4 is 19.1 Å². The Bertz CT molecular complexity index is 1090. The summed E-state index contributed by atoms with van der Waals surface area (Å²) in [7, 11) is 1.70. The van der Waals surface area contributed by atoms with Crippen LogP contribution in [0.2, 0.25) is 0 Å². The molecule has 4 nitrogen and oxygen atoms in total. The van der Waals surface area contributed by atoms with Gasteiger partial charge in [-0.3, -0.25) is 0 Å². The van der Waals surface area contributed by atoms with Gasteiger partial charge in [-0.15, -0.1) is 0 Å². The van der Waals surface area contributed by atoms with E-state index in [1.165, 1.54) is 42.6 Å². The number of fused-ring (bicyclic) bond motifs is 1. The molecule has 0 aliphatic carbocycles. The van der Waals surface area contributed by atoms with Gasteiger partial charge in [-0.1, -0.05) is 48.5 Å². The van der Waals surface area contributed by atoms with Crippen molar-refractivity contribution in [2.45, 2.75) is 44.1 Å². The first-order valence-electron chi connectivity index (χ1n) is 12.5. The summed E-state index contributed by atoms with van der Waals surface area (Å²) in [6.45, 7) is 8.81. The number of methoxy groups -OCH3 is 1. The van der Waals surface area contributed by atoms with E-state index >= 15 is 0 Å². The molecule has 1 saturated heterocycles. The Labute approximate surface area is 203 Å². The Morgan fingerprint density at radius 1 is 0.882 bits per heavy atom. The lowest BCUT2D eigenvalue weighted by Crippen LogP contribution is -3.10. The van der Waals surface area contributed by atoms with Crippen molar-refractivity contribution in [3.63, 3.8) is 0 Å². The van der Waals surface area contributed by atoms with Crippen molar-refractivity contribution in [1.82, 2.24) is 0 Å². The van der Waals surface area contributed by atoms with Gasteiger partial charge in [0.05, 0.1) is 20.2 Å². The minimum absolute atomic E-state index is 0.162. The van der Waals surface area contributed by atoms with Gasteiger partial charge in [-0.2, -0.15) is 0 Å². The Kier molecular flexibility index (Phi) is 6.51. The molecular formula is C30H36NO3+. The molecule has 1 fully saturated rings. The summed E-state index contributed by atoms with van der Waals surface area (Å²) in [5, 5.41) is 0. The minimum Gasteiger partial charge on any atom is -0.497 e. The standard InChI is InChI=1S/C30H35NO3/c1-30(2)29(23-9-5-4-6-10-23)28(26-16-15-25(32-3)21-27(26)34-30)22-11-13-24(14-12-22)33-20-19-31-17-7-8-18-31/h4-6,9-16,21,28-29H,7-8,17-20H2,1-3H3/p+1. The molecule has 2 unspecified atom stereocenters. The van der Waals surface area contributed by atoms with Crippen LogP contribution in [0.25, 0.3) is 0 Å². The lowest BCUT2D eigenvalue weighted by atomic mass is 9.68. The molecule has 34 heavy (non-hydrogen) atoms. The molecule has 4 heteroatoms. The van der Waals surface area contributed by atoms with Gasteiger partial charge in [0.2, 0.25) is 0 Å². The van der Waals surface area contributed by atoms with Crippen LogP contribution in [0.1, 0.15) is 55.2 Å². The van der Waals surface area contributed by atoms with Gasteiger partial charge in [-0.25, -0.2) is 0 Å². The van der Waals surface area contributed by atoms with E-state index < -0.39 is 0 Å². The number of rotatable bonds is 7. The normalized spacial score (nSPS) is 21.5. The average molecular weight is 459 g/mol. The van der Waals surface area contributed by atoms with Crippen LogP contribution in [0.15, 0.2) is 72.8 Å². The zero-order valence-electron chi connectivity index (χ0n) is 20.6. The first-order valence-corrected chi connectivity index (χ1v) is 12.5. The fourth-order valence-electron chi connectivity index (χ4n) is 5.75. The molecular weight excluding hydrogens is 422 g/mol. The van der Waals surface area contributed by atoms with E-state index in [2.05, 4.69) is 74.5 Å². The zero-order valence-corrected chi connectivity index (χ0v) is 20.6. The van der Waals surface area contributed by atoms with Gasteiger partial charge in [0.1, 0.15) is 36.0 Å². The molecule has 2 aliphatic rings. The molecule has 2 atom stereocenters. The van der Waals surface area contributed by atoms with E-state index in [-0.39, 0.29) is 17.4 Å². The SMILES string of the molecule is COc1ccc2c(c1)OC(C)(C)C(c1ccccc1)C2c1ccc(OCC[NH+]2CCCC2)cc1. The highest BCUT2D eigenvalue weighted by atomic mass is 16.5. The van der Waals surface area contributed by atoms with E-state index in [0.717, 1.165) is 30.4 Å². The number of nitrogens with one attached hydrogen (secondary N) is 1. The molecule has 0 amide bonds. The van der Waals surface area contributed by atoms with Crippen LogP contribution in [0.4, 0.5) is 0 Å². The third-order valence-electron chi connectivity index (χ3n) is 7.44. The third-order valence-corrected chi connectivity index (χ3v) is 7.44. The number of likely N-dealkylation sites (tertiary alicyclic amines) is 1. The highest BCUT2D eigenvalue weighted by Gasteiger charge is 2.45. The van der Waals surface area contributed by atoms with E-state index in [1.807, 2.05) is 12.1 Å². The Morgan fingerprint density at radius 3 is 2.29 bits per heavy atom. The second-order valence-electron chi connectivity index (χ2n) is 10.1. The van der Waals surface area contributed by atoms with E-state index in [0.29, 0.717) is 0 Å². The van der Waals surface area contributed by atoms with E-state index in [9.17, 15) is 0 Å². The number of quaternary nitrogens is 1. The molecule has 1 N–H and O–H groups in total. The van der Waals surface area contributed by atoms with Crippen molar-refractivity contribution in [2.24, 2.45) is 0 Å². The molecule has 5 rings (SSSR count). The van der Waals surface area contributed by atoms with E-state index in [1.54, 1.807) is 12.0 Å². The molecule has 0 aromatic heterocycles. The van der Waals surface area contributed by atoms with Crippen LogP contribution in [-0.4, -0.2) is 39.0 Å². The predicted octanol–water partition coefficient (Wildman–Crippen LogP) is 4.84. The second-order valence-corrected chi connectivity index (χ2v) is 10.1. The van der Waals surface area contributed by atoms with Gasteiger partial charge in [0.15, 0.2) is 0 Å². The van der Waals surface area contributed by atoms with E-state index in [4.69, 9.17) is 14.2 Å². The lowest BCUT2D eigenvalue weighted by molar-refractivity contribution is -0.887. The Hall–Kier alpha value is -2.98. The summed E-state index contributed by atoms with van der Waals surface area (Å²) in [5.41, 5.74) is 3.36. The predicted molar refractivity (Wildman–Crippen MR) is 135 cm³/mol. The van der Waals surface area contributed by atoms with Crippen LogP contribution >= 0.6 is 0 Å². The highest BCUT2D eigenvalue weighted by molar-refractivity contribution is 5.52. The molecule has 2 heterocycles. The maximum Gasteiger partial charge on any atom is 0.137 e. The van der Waals surface area contributed by atoms with Gasteiger partial charge >= 0.3 is 0 Å². The van der Waals surface area contributed by atoms with Gasteiger partial charge in [0, 0.05) is 36.3 Å². The highest BCUT2D eigenvalue weighted by Crippen LogP contribution is 2.53. The number of hydrogen-bond acceptors (Lipinski definition) is 3. The summed E-state index contributed by atoms with van der Waals surface area (Å²) in [6.07, 6.45) is 2.70. The van der Waals surface area contributed by atoms with Crippen molar-refractivity contribution in [3.05, 3.63) is 89.5 Å². The van der Waals surface area contributed by atoms with Crippen LogP contribution in [0.5, 0.6) is 17.2 Å². The van der Waals surface area contributed by atoms with Crippen LogP contribution in [0.3, 0.4) is 0 Å². The van der Waals surface area contributed by atoms with Crippen LogP contribution in [0, 0.1) is 0 Å². The van der Waals surface area contributed by atoms with Gasteiger partial charge < -0.3 is 19.1 Å². The van der Waals surface area contributed by atoms with Crippen LogP contribution in [-0.2, 0) is 0 Å². The summed E-state index contributed by atoms with van der Waals surface area (Å²) in [5.74, 6) is 2.99. The van der Waals surface area contributed by atoms with Crippen molar-refractivity contribution in [1.29, 1.82) is 0 Å². The fraction of sp³-hybridized carbons (Fsp3) is 0.400. The van der Waals surface area contributed by atoms with Crippen molar-refractivity contribution in [3.8, 4) is 17.2 Å². The molecule has 2 aliphatic heterocycles. The maximum atomic E-state index is 6.60. The maximum absolute atomic E-state index is 6.60. The number of benzene rings is 3. The monoisotopic (exact) mass is 458 g/mol. The van der Waals surface area contributed by atoms with Crippen molar-refractivity contribution < 1.29 is 19.1 Å². The lowest BCUT2D eigenvalue weighted by Gasteiger charge is -2.45. The first kappa shape index (κ1) is 22.8. The van der Waals surface area contributed by atoms with Gasteiger partial charge in [0.25, 0.3) is 0 Å². The molecule has 0 spiro atoms. The average Bonchev–Trinajstić information content (AvgIpc) is 3.37. The zero-order chi connectivity index (χ0) is 23.5.